The largest absolute Gasteiger partial charge is 1.00 e. The number of hydrogen-bond donors (Lipinski definition) is 2. The Bertz CT molecular complexity index is 1180. The van der Waals surface area contributed by atoms with Crippen LogP contribution in [0.25, 0.3) is 10.4 Å². The van der Waals surface area contributed by atoms with Gasteiger partial charge in [-0.15, -0.1) is 11.3 Å². The second kappa shape index (κ2) is 10.3. The number of aryl methyl sites for hydroxylation is 1. The fraction of sp³-hybridized carbons (Fsp3) is 0.364. The van der Waals surface area contributed by atoms with Gasteiger partial charge in [-0.05, 0) is 67.9 Å². The number of carbonyl (C=O) groups excluding carboxylic acids is 1. The van der Waals surface area contributed by atoms with Crippen molar-refractivity contribution in [3.63, 3.8) is 0 Å². The van der Waals surface area contributed by atoms with Crippen molar-refractivity contribution in [2.24, 2.45) is 5.92 Å². The Morgan fingerprint density at radius 1 is 1.24 bits per heavy atom. The van der Waals surface area contributed by atoms with Crippen molar-refractivity contribution >= 4 is 28.9 Å². The van der Waals surface area contributed by atoms with Crippen molar-refractivity contribution in [1.29, 1.82) is 0 Å². The van der Waals surface area contributed by atoms with Gasteiger partial charge in [0, 0.05) is 24.1 Å². The first-order valence-corrected chi connectivity index (χ1v) is 11.0. The third-order valence-electron chi connectivity index (χ3n) is 5.61. The summed E-state index contributed by atoms with van der Waals surface area (Å²) in [5, 5.41) is 25.4. The first kappa shape index (κ1) is 26.6. The topological polar surface area (TPSA) is 111 Å². The average Bonchev–Trinajstić information content (AvgIpc) is 3.25. The number of carboxylic acid groups (broad SMARTS) is 1. The molecule has 0 amide bonds. The zero-order valence-corrected chi connectivity index (χ0v) is 21.3. The van der Waals surface area contributed by atoms with E-state index >= 15 is 0 Å². The number of anilines is 2. The third-order valence-corrected chi connectivity index (χ3v) is 6.85. The second-order valence-corrected chi connectivity index (χ2v) is 9.16. The van der Waals surface area contributed by atoms with Crippen LogP contribution in [0, 0.1) is 12.8 Å². The zero-order chi connectivity index (χ0) is 23.8. The minimum Gasteiger partial charge on any atom is -0.550 e. The molecule has 0 atom stereocenters. The van der Waals surface area contributed by atoms with Gasteiger partial charge >= 0.3 is 35.7 Å². The molecule has 0 bridgehead atoms. The van der Waals surface area contributed by atoms with E-state index < -0.39 is 29.4 Å². The van der Waals surface area contributed by atoms with Gasteiger partial charge in [0.2, 0.25) is 5.95 Å². The predicted molar refractivity (Wildman–Crippen MR) is 113 cm³/mol. The molecule has 2 N–H and O–H groups in total. The number of rotatable bonds is 5. The number of aromatic nitrogens is 3. The van der Waals surface area contributed by atoms with E-state index in [-0.39, 0.29) is 48.3 Å². The fourth-order valence-corrected chi connectivity index (χ4v) is 4.92. The molecule has 4 rings (SSSR count). The molecule has 3 aromatic rings. The van der Waals surface area contributed by atoms with Crippen LogP contribution in [0.1, 0.15) is 41.9 Å². The van der Waals surface area contributed by atoms with Gasteiger partial charge in [-0.25, -0.2) is 15.0 Å². The van der Waals surface area contributed by atoms with Crippen molar-refractivity contribution in [2.45, 2.75) is 44.4 Å². The maximum Gasteiger partial charge on any atom is 1.00 e. The van der Waals surface area contributed by atoms with Gasteiger partial charge in [0.1, 0.15) is 16.3 Å². The van der Waals surface area contributed by atoms with Crippen LogP contribution in [0.2, 0.25) is 0 Å². The van der Waals surface area contributed by atoms with E-state index in [4.69, 9.17) is 0 Å². The molecule has 0 aliphatic heterocycles. The molecule has 0 unspecified atom stereocenters. The van der Waals surface area contributed by atoms with Crippen LogP contribution in [0.15, 0.2) is 36.7 Å². The van der Waals surface area contributed by atoms with Crippen molar-refractivity contribution in [2.75, 3.05) is 5.32 Å². The molecule has 1 aliphatic rings. The first-order valence-electron chi connectivity index (χ1n) is 10.2. The first-order chi connectivity index (χ1) is 15.5. The Morgan fingerprint density at radius 2 is 1.94 bits per heavy atom. The monoisotopic (exact) mass is 500 g/mol. The summed E-state index contributed by atoms with van der Waals surface area (Å²) in [5.74, 6) is -1.83. The Kier molecular flexibility index (Phi) is 8.03. The summed E-state index contributed by atoms with van der Waals surface area (Å²) in [4.78, 5) is 23.6. The van der Waals surface area contributed by atoms with E-state index in [1.54, 1.807) is 18.3 Å². The Hall–Kier alpha value is -2.05. The number of aliphatic carboxylic acids is 1. The summed E-state index contributed by atoms with van der Waals surface area (Å²) in [7, 11) is 0. The molecule has 7 nitrogen and oxygen atoms in total. The van der Waals surface area contributed by atoms with Gasteiger partial charge in [-0.2, -0.15) is 13.2 Å². The normalized spacial score (nSPS) is 20.4. The summed E-state index contributed by atoms with van der Waals surface area (Å²) in [6, 6.07) is 6.19. The van der Waals surface area contributed by atoms with Gasteiger partial charge in [0.05, 0.1) is 4.88 Å². The zero-order valence-electron chi connectivity index (χ0n) is 18.5. The van der Waals surface area contributed by atoms with Gasteiger partial charge in [0.15, 0.2) is 0 Å². The number of alkyl halides is 3. The minimum absolute atomic E-state index is 0. The fourth-order valence-electron chi connectivity index (χ4n) is 3.87. The van der Waals surface area contributed by atoms with E-state index in [2.05, 4.69) is 20.3 Å². The summed E-state index contributed by atoms with van der Waals surface area (Å²) in [5.41, 5.74) is -0.106. The van der Waals surface area contributed by atoms with Gasteiger partial charge < -0.3 is 20.3 Å². The second-order valence-electron chi connectivity index (χ2n) is 8.13. The summed E-state index contributed by atoms with van der Waals surface area (Å²) < 4.78 is 38.8. The van der Waals surface area contributed by atoms with Crippen molar-refractivity contribution in [1.82, 2.24) is 15.0 Å². The molecule has 1 fully saturated rings. The van der Waals surface area contributed by atoms with Crippen molar-refractivity contribution in [3.05, 3.63) is 52.9 Å². The van der Waals surface area contributed by atoms with E-state index in [9.17, 15) is 28.2 Å². The number of nitrogens with zero attached hydrogens (tertiary/aromatic N) is 3. The summed E-state index contributed by atoms with van der Waals surface area (Å²) in [6.45, 7) is 1.85. The number of benzene rings is 1. The number of thiazole rings is 1. The molecule has 1 aromatic carbocycles. The maximum absolute atomic E-state index is 12.9. The summed E-state index contributed by atoms with van der Waals surface area (Å²) >= 11 is 1.30. The maximum atomic E-state index is 12.9. The predicted octanol–water partition coefficient (Wildman–Crippen LogP) is 0.803. The summed E-state index contributed by atoms with van der Waals surface area (Å²) in [6.07, 6.45) is -0.691. The van der Waals surface area contributed by atoms with Gasteiger partial charge in [-0.1, -0.05) is 6.07 Å². The Morgan fingerprint density at radius 3 is 2.59 bits per heavy atom. The molecule has 34 heavy (non-hydrogen) atoms. The number of hydrogen-bond acceptors (Lipinski definition) is 8. The Balaban J connectivity index is 0.00000324. The molecule has 1 saturated carbocycles. The SMILES string of the molecule is Cc1cc(Nc2nccc(C(F)(F)F)n2)cc(-c2cnc([C@]3(O)CC[C@H](C(=O)[O-])CC3)s2)c1.[Na+]. The van der Waals surface area contributed by atoms with E-state index in [1.165, 1.54) is 11.3 Å². The smallest absolute Gasteiger partial charge is 0.550 e. The standard InChI is InChI=1S/C22H21F3N4O3S.Na/c1-12-8-14(10-15(9-12)28-20-26-7-4-17(29-20)22(23,24)25)16-11-27-19(33-16)21(32)5-2-13(3-6-21)18(30)31;/h4,7-11,13,32H,2-3,5-6H2,1H3,(H,30,31)(H,26,28,29);/q;+1/p-1/t13-,21-;. The number of carbonyl (C=O) groups is 1. The molecule has 2 aromatic heterocycles. The Labute approximate surface area is 219 Å². The number of halogens is 3. The molecule has 12 heteroatoms. The van der Waals surface area contributed by atoms with Crippen LogP contribution < -0.4 is 40.0 Å². The van der Waals surface area contributed by atoms with Crippen LogP contribution in [0.5, 0.6) is 0 Å². The van der Waals surface area contributed by atoms with Crippen LogP contribution in [0.4, 0.5) is 24.8 Å². The van der Waals surface area contributed by atoms with Gasteiger partial charge in [0.25, 0.3) is 0 Å². The van der Waals surface area contributed by atoms with Crippen molar-refractivity contribution < 1.29 is 57.7 Å². The molecule has 174 valence electrons. The molecule has 0 spiro atoms. The number of carboxylic acids is 1. The minimum atomic E-state index is -4.57. The number of nitrogens with one attached hydrogen (secondary N) is 1. The van der Waals surface area contributed by atoms with Crippen LogP contribution in [-0.2, 0) is 16.6 Å². The molecular weight excluding hydrogens is 480 g/mol. The molecule has 1 aliphatic carbocycles. The van der Waals surface area contributed by atoms with E-state index in [0.717, 1.165) is 28.3 Å². The van der Waals surface area contributed by atoms with E-state index in [0.29, 0.717) is 23.5 Å². The van der Waals surface area contributed by atoms with Gasteiger partial charge in [-0.3, -0.25) is 0 Å². The van der Waals surface area contributed by atoms with Crippen molar-refractivity contribution in [3.8, 4) is 10.4 Å². The molecular formula is C22H20F3N4NaO3S. The van der Waals surface area contributed by atoms with Crippen LogP contribution in [0.3, 0.4) is 0 Å². The van der Waals surface area contributed by atoms with Crippen LogP contribution >= 0.6 is 11.3 Å². The molecule has 0 saturated heterocycles. The number of aliphatic hydroxyl groups is 1. The molecule has 0 radical (unpaired) electrons. The van der Waals surface area contributed by atoms with E-state index in [1.807, 2.05) is 13.0 Å². The molecule has 2 heterocycles. The third kappa shape index (κ3) is 5.95. The average molecular weight is 500 g/mol. The van der Waals surface area contributed by atoms with Crippen LogP contribution in [-0.4, -0.2) is 26.0 Å². The quantitative estimate of drug-likeness (QED) is 0.499.